The minimum Gasteiger partial charge on any atom is -0.494 e. The molecule has 5 heteroatoms. The molecule has 1 aromatic carbocycles. The van der Waals surface area contributed by atoms with Crippen molar-refractivity contribution in [2.24, 2.45) is 5.73 Å². The van der Waals surface area contributed by atoms with Crippen molar-refractivity contribution >= 4 is 11.9 Å². The van der Waals surface area contributed by atoms with Crippen molar-refractivity contribution in [3.8, 4) is 5.75 Å². The van der Waals surface area contributed by atoms with Gasteiger partial charge in [0.05, 0.1) is 13.2 Å². The molecule has 0 spiro atoms. The van der Waals surface area contributed by atoms with E-state index in [-0.39, 0.29) is 5.97 Å². The van der Waals surface area contributed by atoms with Crippen LogP contribution in [0.4, 0.5) is 0 Å². The van der Waals surface area contributed by atoms with Crippen molar-refractivity contribution < 1.29 is 19.1 Å². The fourth-order valence-electron chi connectivity index (χ4n) is 1.38. The Bertz CT molecular complexity index is 417. The molecule has 98 valence electrons. The Balaban J connectivity index is 2.33. The molecule has 0 radical (unpaired) electrons. The van der Waals surface area contributed by atoms with Crippen LogP contribution in [0.1, 0.15) is 30.1 Å². The summed E-state index contributed by atoms with van der Waals surface area (Å²) in [5.74, 6) is -0.158. The average Bonchev–Trinajstić information content (AvgIpc) is 2.35. The van der Waals surface area contributed by atoms with Gasteiger partial charge in [-0.3, -0.25) is 9.59 Å². The summed E-state index contributed by atoms with van der Waals surface area (Å²) in [6, 6.07) is 6.62. The topological polar surface area (TPSA) is 78.6 Å². The lowest BCUT2D eigenvalue weighted by Gasteiger charge is -2.06. The van der Waals surface area contributed by atoms with E-state index in [1.54, 1.807) is 31.2 Å². The second-order valence-corrected chi connectivity index (χ2v) is 3.65. The Hall–Kier alpha value is -2.04. The molecule has 0 aromatic heterocycles. The SMILES string of the molecule is CCOC(=O)CCCOc1cccc(C(N)=O)c1. The molecule has 0 aliphatic heterocycles. The van der Waals surface area contributed by atoms with E-state index in [9.17, 15) is 9.59 Å². The van der Waals surface area contributed by atoms with E-state index in [2.05, 4.69) is 0 Å². The second kappa shape index (κ2) is 7.32. The van der Waals surface area contributed by atoms with E-state index < -0.39 is 5.91 Å². The predicted octanol–water partition coefficient (Wildman–Crippen LogP) is 1.51. The molecule has 0 aliphatic carbocycles. The van der Waals surface area contributed by atoms with Crippen LogP contribution in [0.5, 0.6) is 5.75 Å². The van der Waals surface area contributed by atoms with Crippen LogP contribution < -0.4 is 10.5 Å². The van der Waals surface area contributed by atoms with E-state index in [1.165, 1.54) is 0 Å². The molecule has 18 heavy (non-hydrogen) atoms. The Morgan fingerprint density at radius 2 is 2.11 bits per heavy atom. The number of nitrogens with two attached hydrogens (primary N) is 1. The molecular formula is C13H17NO4. The number of primary amides is 1. The molecule has 0 bridgehead atoms. The van der Waals surface area contributed by atoms with Gasteiger partial charge < -0.3 is 15.2 Å². The highest BCUT2D eigenvalue weighted by Gasteiger charge is 2.03. The zero-order valence-electron chi connectivity index (χ0n) is 10.3. The number of esters is 1. The lowest BCUT2D eigenvalue weighted by molar-refractivity contribution is -0.143. The highest BCUT2D eigenvalue weighted by atomic mass is 16.5. The molecule has 1 aromatic rings. The van der Waals surface area contributed by atoms with E-state index in [4.69, 9.17) is 15.2 Å². The lowest BCUT2D eigenvalue weighted by Crippen LogP contribution is -2.11. The fourth-order valence-corrected chi connectivity index (χ4v) is 1.38. The zero-order valence-corrected chi connectivity index (χ0v) is 10.3. The average molecular weight is 251 g/mol. The first kappa shape index (κ1) is 14.0. The van der Waals surface area contributed by atoms with Gasteiger partial charge in [-0.1, -0.05) is 6.07 Å². The molecule has 0 saturated carbocycles. The van der Waals surface area contributed by atoms with Crippen LogP contribution in [0.15, 0.2) is 24.3 Å². The molecule has 1 rings (SSSR count). The highest BCUT2D eigenvalue weighted by Crippen LogP contribution is 2.13. The van der Waals surface area contributed by atoms with Gasteiger partial charge >= 0.3 is 5.97 Å². The van der Waals surface area contributed by atoms with Crippen LogP contribution in [0.25, 0.3) is 0 Å². The maximum Gasteiger partial charge on any atom is 0.305 e. The zero-order chi connectivity index (χ0) is 13.4. The number of ether oxygens (including phenoxy) is 2. The minimum absolute atomic E-state index is 0.230. The summed E-state index contributed by atoms with van der Waals surface area (Å²) < 4.78 is 10.2. The minimum atomic E-state index is -0.494. The fraction of sp³-hybridized carbons (Fsp3) is 0.385. The molecule has 1 amide bonds. The van der Waals surface area contributed by atoms with Crippen molar-refractivity contribution in [2.45, 2.75) is 19.8 Å². The summed E-state index contributed by atoms with van der Waals surface area (Å²) in [5.41, 5.74) is 5.56. The number of hydrogen-bond donors (Lipinski definition) is 1. The summed E-state index contributed by atoms with van der Waals surface area (Å²) in [6.07, 6.45) is 0.892. The van der Waals surface area contributed by atoms with Crippen molar-refractivity contribution in [1.29, 1.82) is 0 Å². The molecule has 0 fully saturated rings. The lowest BCUT2D eigenvalue weighted by atomic mass is 10.2. The summed E-state index contributed by atoms with van der Waals surface area (Å²) in [5, 5.41) is 0. The maximum atomic E-state index is 11.1. The highest BCUT2D eigenvalue weighted by molar-refractivity contribution is 5.93. The number of benzene rings is 1. The first-order valence-corrected chi connectivity index (χ1v) is 5.81. The van der Waals surface area contributed by atoms with Crippen LogP contribution in [-0.4, -0.2) is 25.1 Å². The van der Waals surface area contributed by atoms with Gasteiger partial charge in [0.25, 0.3) is 0 Å². The monoisotopic (exact) mass is 251 g/mol. The van der Waals surface area contributed by atoms with Gasteiger partial charge in [-0.2, -0.15) is 0 Å². The Labute approximate surface area is 106 Å². The van der Waals surface area contributed by atoms with Crippen molar-refractivity contribution in [1.82, 2.24) is 0 Å². The van der Waals surface area contributed by atoms with Crippen LogP contribution in [0.3, 0.4) is 0 Å². The number of hydrogen-bond acceptors (Lipinski definition) is 4. The van der Waals surface area contributed by atoms with Gasteiger partial charge in [0, 0.05) is 12.0 Å². The van der Waals surface area contributed by atoms with Gasteiger partial charge in [-0.15, -0.1) is 0 Å². The summed E-state index contributed by atoms with van der Waals surface area (Å²) >= 11 is 0. The number of amides is 1. The van der Waals surface area contributed by atoms with Crippen LogP contribution >= 0.6 is 0 Å². The first-order valence-electron chi connectivity index (χ1n) is 5.81. The molecule has 0 aliphatic rings. The second-order valence-electron chi connectivity index (χ2n) is 3.65. The third-order valence-corrected chi connectivity index (χ3v) is 2.22. The number of rotatable bonds is 7. The van der Waals surface area contributed by atoms with Gasteiger partial charge in [0.15, 0.2) is 0 Å². The predicted molar refractivity (Wildman–Crippen MR) is 66.3 cm³/mol. The van der Waals surface area contributed by atoms with Gasteiger partial charge in [0.2, 0.25) is 5.91 Å². The van der Waals surface area contributed by atoms with Crippen molar-refractivity contribution in [2.75, 3.05) is 13.2 Å². The van der Waals surface area contributed by atoms with Gasteiger partial charge in [-0.05, 0) is 31.5 Å². The summed E-state index contributed by atoms with van der Waals surface area (Å²) in [4.78, 5) is 22.0. The standard InChI is InChI=1S/C13H17NO4/c1-2-17-12(15)7-4-8-18-11-6-3-5-10(9-11)13(14)16/h3,5-6,9H,2,4,7-8H2,1H3,(H2,14,16). The van der Waals surface area contributed by atoms with Gasteiger partial charge in [0.1, 0.15) is 5.75 Å². The largest absolute Gasteiger partial charge is 0.494 e. The summed E-state index contributed by atoms with van der Waals surface area (Å²) in [6.45, 7) is 2.55. The Kier molecular flexibility index (Phi) is 5.70. The molecule has 0 saturated heterocycles. The van der Waals surface area contributed by atoms with Crippen molar-refractivity contribution in [3.63, 3.8) is 0 Å². The Morgan fingerprint density at radius 3 is 2.78 bits per heavy atom. The molecule has 0 atom stereocenters. The van der Waals surface area contributed by atoms with Crippen LogP contribution in [0.2, 0.25) is 0 Å². The van der Waals surface area contributed by atoms with E-state index in [0.717, 1.165) is 0 Å². The molecule has 0 unspecified atom stereocenters. The Morgan fingerprint density at radius 1 is 1.33 bits per heavy atom. The van der Waals surface area contributed by atoms with Crippen molar-refractivity contribution in [3.05, 3.63) is 29.8 Å². The smallest absolute Gasteiger partial charge is 0.305 e. The summed E-state index contributed by atoms with van der Waals surface area (Å²) in [7, 11) is 0. The quantitative estimate of drug-likeness (QED) is 0.588. The third-order valence-electron chi connectivity index (χ3n) is 2.22. The number of carbonyl (C=O) groups is 2. The van der Waals surface area contributed by atoms with Crippen LogP contribution in [-0.2, 0) is 9.53 Å². The van der Waals surface area contributed by atoms with E-state index in [0.29, 0.717) is 37.4 Å². The number of carbonyl (C=O) groups excluding carboxylic acids is 2. The first-order chi connectivity index (χ1) is 8.63. The normalized spacial score (nSPS) is 9.83. The van der Waals surface area contributed by atoms with E-state index >= 15 is 0 Å². The van der Waals surface area contributed by atoms with Crippen LogP contribution in [0, 0.1) is 0 Å². The molecule has 5 nitrogen and oxygen atoms in total. The molecule has 2 N–H and O–H groups in total. The maximum absolute atomic E-state index is 11.1. The van der Waals surface area contributed by atoms with Gasteiger partial charge in [-0.25, -0.2) is 0 Å². The van der Waals surface area contributed by atoms with E-state index in [1.807, 2.05) is 0 Å². The molecular weight excluding hydrogens is 234 g/mol. The molecule has 0 heterocycles. The third kappa shape index (κ3) is 4.86.